The highest BCUT2D eigenvalue weighted by atomic mass is 16.2. The maximum absolute atomic E-state index is 12.3. The summed E-state index contributed by atoms with van der Waals surface area (Å²) >= 11 is 0. The Kier molecular flexibility index (Phi) is 5.33. The van der Waals surface area contributed by atoms with Crippen LogP contribution in [0.2, 0.25) is 0 Å². The predicted octanol–water partition coefficient (Wildman–Crippen LogP) is 1.98. The maximum atomic E-state index is 12.3. The molecule has 1 fully saturated rings. The number of nitrogens with one attached hydrogen (secondary N) is 3. The number of likely N-dealkylation sites (tertiary alicyclic amines) is 1. The zero-order chi connectivity index (χ0) is 17.8. The SMILES string of the molecule is CCNC(=O)NC(=O)[C@H](C)N1CCC[C@@H](c2nc3ccccc3[nH]2)C1. The number of imidazole rings is 1. The summed E-state index contributed by atoms with van der Waals surface area (Å²) in [5.74, 6) is 0.972. The molecule has 0 saturated carbocycles. The molecular formula is C18H25N5O2. The number of nitrogens with zero attached hydrogens (tertiary/aromatic N) is 2. The second-order valence-electron chi connectivity index (χ2n) is 6.50. The number of imide groups is 1. The summed E-state index contributed by atoms with van der Waals surface area (Å²) < 4.78 is 0. The van der Waals surface area contributed by atoms with Gasteiger partial charge in [0, 0.05) is 19.0 Å². The Balaban J connectivity index is 1.66. The molecule has 134 valence electrons. The fourth-order valence-electron chi connectivity index (χ4n) is 3.33. The number of aromatic amines is 1. The Morgan fingerprint density at radius 2 is 2.20 bits per heavy atom. The Morgan fingerprint density at radius 1 is 1.40 bits per heavy atom. The summed E-state index contributed by atoms with van der Waals surface area (Å²) in [6.45, 7) is 5.75. The molecule has 2 aromatic rings. The van der Waals surface area contributed by atoms with Crippen LogP contribution in [0, 0.1) is 0 Å². The third kappa shape index (κ3) is 3.99. The van der Waals surface area contributed by atoms with Crippen LogP contribution in [0.3, 0.4) is 0 Å². The van der Waals surface area contributed by atoms with E-state index >= 15 is 0 Å². The van der Waals surface area contributed by atoms with E-state index in [-0.39, 0.29) is 17.9 Å². The van der Waals surface area contributed by atoms with Crippen molar-refractivity contribution in [3.8, 4) is 0 Å². The predicted molar refractivity (Wildman–Crippen MR) is 96.3 cm³/mol. The van der Waals surface area contributed by atoms with Crippen molar-refractivity contribution >= 4 is 23.0 Å². The zero-order valence-electron chi connectivity index (χ0n) is 14.7. The molecule has 1 aromatic carbocycles. The number of aromatic nitrogens is 2. The van der Waals surface area contributed by atoms with E-state index in [4.69, 9.17) is 4.98 Å². The minimum atomic E-state index is -0.440. The van der Waals surface area contributed by atoms with Crippen LogP contribution in [-0.2, 0) is 4.79 Å². The topological polar surface area (TPSA) is 90.1 Å². The van der Waals surface area contributed by atoms with Gasteiger partial charge < -0.3 is 10.3 Å². The highest BCUT2D eigenvalue weighted by Crippen LogP contribution is 2.27. The Bertz CT molecular complexity index is 724. The van der Waals surface area contributed by atoms with Crippen molar-refractivity contribution in [3.05, 3.63) is 30.1 Å². The van der Waals surface area contributed by atoms with Crippen LogP contribution in [0.25, 0.3) is 11.0 Å². The Hall–Kier alpha value is -2.41. The number of rotatable bonds is 4. The fourth-order valence-corrected chi connectivity index (χ4v) is 3.33. The van der Waals surface area contributed by atoms with Crippen LogP contribution < -0.4 is 10.6 Å². The Morgan fingerprint density at radius 3 is 2.96 bits per heavy atom. The van der Waals surface area contributed by atoms with Gasteiger partial charge in [0.2, 0.25) is 5.91 Å². The maximum Gasteiger partial charge on any atom is 0.321 e. The quantitative estimate of drug-likeness (QED) is 0.792. The number of hydrogen-bond donors (Lipinski definition) is 3. The van der Waals surface area contributed by atoms with Gasteiger partial charge in [-0.2, -0.15) is 0 Å². The first-order valence-electron chi connectivity index (χ1n) is 8.86. The van der Waals surface area contributed by atoms with Crippen LogP contribution in [-0.4, -0.2) is 52.5 Å². The van der Waals surface area contributed by atoms with Crippen molar-refractivity contribution in [2.75, 3.05) is 19.6 Å². The number of para-hydroxylation sites is 2. The average Bonchev–Trinajstić information content (AvgIpc) is 3.05. The van der Waals surface area contributed by atoms with Gasteiger partial charge in [0.1, 0.15) is 5.82 Å². The molecule has 0 radical (unpaired) electrons. The molecule has 3 N–H and O–H groups in total. The summed E-state index contributed by atoms with van der Waals surface area (Å²) in [7, 11) is 0. The molecule has 2 atom stereocenters. The number of H-pyrrole nitrogens is 1. The number of benzene rings is 1. The minimum Gasteiger partial charge on any atom is -0.342 e. The number of carbonyl (C=O) groups is 2. The van der Waals surface area contributed by atoms with Gasteiger partial charge in [-0.1, -0.05) is 12.1 Å². The van der Waals surface area contributed by atoms with Crippen molar-refractivity contribution in [2.24, 2.45) is 0 Å². The van der Waals surface area contributed by atoms with Crippen molar-refractivity contribution < 1.29 is 9.59 Å². The van der Waals surface area contributed by atoms with E-state index in [9.17, 15) is 9.59 Å². The average molecular weight is 343 g/mol. The third-order valence-electron chi connectivity index (χ3n) is 4.75. The van der Waals surface area contributed by atoms with Crippen molar-refractivity contribution in [1.29, 1.82) is 0 Å². The number of carbonyl (C=O) groups excluding carboxylic acids is 2. The summed E-state index contributed by atoms with van der Waals surface area (Å²) in [6.07, 6.45) is 2.04. The highest BCUT2D eigenvalue weighted by Gasteiger charge is 2.30. The number of amides is 3. The first kappa shape index (κ1) is 17.4. The fraction of sp³-hybridized carbons (Fsp3) is 0.500. The molecule has 0 bridgehead atoms. The van der Waals surface area contributed by atoms with E-state index in [1.54, 1.807) is 0 Å². The van der Waals surface area contributed by atoms with Crippen LogP contribution in [0.4, 0.5) is 4.79 Å². The lowest BCUT2D eigenvalue weighted by atomic mass is 9.96. The van der Waals surface area contributed by atoms with Gasteiger partial charge in [0.25, 0.3) is 0 Å². The number of fused-ring (bicyclic) bond motifs is 1. The summed E-state index contributed by atoms with van der Waals surface area (Å²) in [4.78, 5) is 34.0. The molecule has 1 aliphatic heterocycles. The van der Waals surface area contributed by atoms with Crippen LogP contribution in [0.1, 0.15) is 38.4 Å². The second kappa shape index (κ2) is 7.65. The molecule has 1 aliphatic rings. The van der Waals surface area contributed by atoms with Gasteiger partial charge in [-0.25, -0.2) is 9.78 Å². The van der Waals surface area contributed by atoms with Crippen LogP contribution in [0.5, 0.6) is 0 Å². The molecule has 2 heterocycles. The lowest BCUT2D eigenvalue weighted by Gasteiger charge is -2.35. The van der Waals surface area contributed by atoms with E-state index in [1.807, 2.05) is 38.1 Å². The van der Waals surface area contributed by atoms with Crippen molar-refractivity contribution in [2.45, 2.75) is 38.6 Å². The molecule has 7 heteroatoms. The monoisotopic (exact) mass is 343 g/mol. The van der Waals surface area contributed by atoms with Gasteiger partial charge in [-0.15, -0.1) is 0 Å². The minimum absolute atomic E-state index is 0.265. The number of hydrogen-bond acceptors (Lipinski definition) is 4. The van der Waals surface area contributed by atoms with E-state index in [2.05, 4.69) is 20.5 Å². The number of piperidine rings is 1. The molecular weight excluding hydrogens is 318 g/mol. The summed E-state index contributed by atoms with van der Waals surface area (Å²) in [5.41, 5.74) is 2.01. The van der Waals surface area contributed by atoms with Crippen LogP contribution in [0.15, 0.2) is 24.3 Å². The van der Waals surface area contributed by atoms with Crippen molar-refractivity contribution in [3.63, 3.8) is 0 Å². The molecule has 1 aromatic heterocycles. The summed E-state index contributed by atoms with van der Waals surface area (Å²) in [5, 5.41) is 4.98. The first-order chi connectivity index (χ1) is 12.1. The van der Waals surface area contributed by atoms with Gasteiger partial charge in [0.05, 0.1) is 17.1 Å². The third-order valence-corrected chi connectivity index (χ3v) is 4.75. The van der Waals surface area contributed by atoms with Gasteiger partial charge in [0.15, 0.2) is 0 Å². The summed E-state index contributed by atoms with van der Waals surface area (Å²) in [6, 6.07) is 7.20. The molecule has 25 heavy (non-hydrogen) atoms. The highest BCUT2D eigenvalue weighted by molar-refractivity contribution is 5.96. The van der Waals surface area contributed by atoms with E-state index in [0.29, 0.717) is 6.54 Å². The van der Waals surface area contributed by atoms with Gasteiger partial charge in [-0.05, 0) is 45.4 Å². The molecule has 7 nitrogen and oxygen atoms in total. The Labute approximate surface area is 147 Å². The largest absolute Gasteiger partial charge is 0.342 e. The lowest BCUT2D eigenvalue weighted by Crippen LogP contribution is -2.51. The second-order valence-corrected chi connectivity index (χ2v) is 6.50. The molecule has 1 saturated heterocycles. The van der Waals surface area contributed by atoms with E-state index in [1.165, 1.54) is 0 Å². The zero-order valence-corrected chi connectivity index (χ0v) is 14.7. The van der Waals surface area contributed by atoms with E-state index in [0.717, 1.165) is 42.8 Å². The number of urea groups is 1. The van der Waals surface area contributed by atoms with Gasteiger partial charge in [-0.3, -0.25) is 15.0 Å². The smallest absolute Gasteiger partial charge is 0.321 e. The normalized spacial score (nSPS) is 19.5. The molecule has 0 aliphatic carbocycles. The van der Waals surface area contributed by atoms with Crippen molar-refractivity contribution in [1.82, 2.24) is 25.5 Å². The first-order valence-corrected chi connectivity index (χ1v) is 8.86. The molecule has 0 unspecified atom stereocenters. The van der Waals surface area contributed by atoms with Crippen LogP contribution >= 0.6 is 0 Å². The molecule has 3 amide bonds. The van der Waals surface area contributed by atoms with E-state index < -0.39 is 6.03 Å². The van der Waals surface area contributed by atoms with Gasteiger partial charge >= 0.3 is 6.03 Å². The standard InChI is InChI=1S/C18H25N5O2/c1-3-19-18(25)22-17(24)12(2)23-10-6-7-13(11-23)16-20-14-8-4-5-9-15(14)21-16/h4-5,8-9,12-13H,3,6-7,10-11H2,1-2H3,(H,20,21)(H2,19,22,24,25)/t12-,13+/m0/s1. The molecule has 0 spiro atoms. The lowest BCUT2D eigenvalue weighted by molar-refractivity contribution is -0.125. The molecule has 3 rings (SSSR count).